The maximum Gasteiger partial charge on any atom is 0.0692 e. The molecule has 0 bridgehead atoms. The van der Waals surface area contributed by atoms with Crippen molar-refractivity contribution in [2.45, 2.75) is 19.3 Å². The Bertz CT molecular complexity index is 854. The molecule has 0 saturated heterocycles. The molecular formula is C25H26N4P2. The minimum absolute atomic E-state index is 0.512. The van der Waals surface area contributed by atoms with Gasteiger partial charge in [0, 0.05) is 24.8 Å². The Morgan fingerprint density at radius 3 is 1.00 bits per heavy atom. The fourth-order valence-electron chi connectivity index (χ4n) is 3.46. The summed E-state index contributed by atoms with van der Waals surface area (Å²) >= 11 is 0. The fourth-order valence-corrected chi connectivity index (χ4v) is 7.82. The molecule has 0 N–H and O–H groups in total. The van der Waals surface area contributed by atoms with Crippen molar-refractivity contribution in [3.63, 3.8) is 0 Å². The van der Waals surface area contributed by atoms with Crippen LogP contribution in [-0.2, 0) is 0 Å². The molecule has 0 unspecified atom stereocenters. The van der Waals surface area contributed by atoms with Gasteiger partial charge in [-0.25, -0.2) is 0 Å². The second-order valence-corrected chi connectivity index (χ2v) is 11.6. The van der Waals surface area contributed by atoms with Crippen molar-refractivity contribution < 1.29 is 0 Å². The Labute approximate surface area is 186 Å². The summed E-state index contributed by atoms with van der Waals surface area (Å²) in [4.78, 5) is 18.5. The Hall–Kier alpha value is -2.54. The average Bonchev–Trinajstić information content (AvgIpc) is 2.86. The number of pyridine rings is 4. The lowest BCUT2D eigenvalue weighted by Gasteiger charge is -2.18. The van der Waals surface area contributed by atoms with Gasteiger partial charge in [0.25, 0.3) is 0 Å². The normalized spacial score (nSPS) is 11.2. The van der Waals surface area contributed by atoms with Gasteiger partial charge < -0.3 is 0 Å². The van der Waals surface area contributed by atoms with Crippen LogP contribution in [0.25, 0.3) is 0 Å². The lowest BCUT2D eigenvalue weighted by molar-refractivity contribution is 0.782. The van der Waals surface area contributed by atoms with E-state index in [-0.39, 0.29) is 0 Å². The van der Waals surface area contributed by atoms with E-state index in [9.17, 15) is 0 Å². The molecule has 0 radical (unpaired) electrons. The molecule has 4 aromatic heterocycles. The van der Waals surface area contributed by atoms with Gasteiger partial charge in [0.2, 0.25) is 0 Å². The zero-order valence-corrected chi connectivity index (χ0v) is 19.2. The number of hydrogen-bond donors (Lipinski definition) is 0. The predicted octanol–water partition coefficient (Wildman–Crippen LogP) is 4.00. The molecule has 4 nitrogen and oxygen atoms in total. The number of aromatic nitrogens is 4. The largest absolute Gasteiger partial charge is 0.256 e. The summed E-state index contributed by atoms with van der Waals surface area (Å²) in [5.41, 5.74) is 4.67. The highest BCUT2D eigenvalue weighted by Gasteiger charge is 2.18. The Morgan fingerprint density at radius 2 is 0.742 bits per heavy atom. The van der Waals surface area contributed by atoms with Crippen molar-refractivity contribution in [1.29, 1.82) is 0 Å². The SMILES string of the molecule is c1ccc(P(CCCCCP(c2ccccn2)c2ccccn2)c2ccccn2)nc1. The Morgan fingerprint density at radius 1 is 0.419 bits per heavy atom. The molecule has 0 aliphatic heterocycles. The first-order chi connectivity index (χ1) is 15.4. The van der Waals surface area contributed by atoms with Crippen LogP contribution in [-0.4, -0.2) is 32.3 Å². The van der Waals surface area contributed by atoms with Gasteiger partial charge in [-0.15, -0.1) is 0 Å². The molecule has 0 atom stereocenters. The third kappa shape index (κ3) is 6.23. The van der Waals surface area contributed by atoms with Crippen molar-refractivity contribution in [3.8, 4) is 0 Å². The minimum Gasteiger partial charge on any atom is -0.256 e. The van der Waals surface area contributed by atoms with E-state index in [1.165, 1.54) is 41.0 Å². The van der Waals surface area contributed by atoms with Crippen LogP contribution in [0.1, 0.15) is 19.3 Å². The molecule has 0 aliphatic rings. The monoisotopic (exact) mass is 444 g/mol. The molecular weight excluding hydrogens is 418 g/mol. The quantitative estimate of drug-likeness (QED) is 0.274. The summed E-state index contributed by atoms with van der Waals surface area (Å²) in [7, 11) is -1.02. The van der Waals surface area contributed by atoms with Gasteiger partial charge in [-0.2, -0.15) is 0 Å². The highest BCUT2D eigenvalue weighted by molar-refractivity contribution is 7.72. The molecule has 4 aromatic rings. The van der Waals surface area contributed by atoms with E-state index in [4.69, 9.17) is 0 Å². The van der Waals surface area contributed by atoms with Crippen molar-refractivity contribution in [1.82, 2.24) is 19.9 Å². The van der Waals surface area contributed by atoms with E-state index in [0.29, 0.717) is 0 Å². The van der Waals surface area contributed by atoms with E-state index >= 15 is 0 Å². The molecule has 156 valence electrons. The molecule has 0 spiro atoms. The number of nitrogens with zero attached hydrogens (tertiary/aromatic N) is 4. The third-order valence-corrected chi connectivity index (χ3v) is 9.76. The van der Waals surface area contributed by atoms with Crippen molar-refractivity contribution in [2.24, 2.45) is 0 Å². The van der Waals surface area contributed by atoms with Gasteiger partial charge in [0.05, 0.1) is 21.7 Å². The highest BCUT2D eigenvalue weighted by atomic mass is 31.1. The second kappa shape index (κ2) is 11.7. The maximum atomic E-state index is 4.64. The second-order valence-electron chi connectivity index (χ2n) is 7.12. The van der Waals surface area contributed by atoms with Crippen LogP contribution in [0.3, 0.4) is 0 Å². The van der Waals surface area contributed by atoms with Gasteiger partial charge in [-0.1, -0.05) is 30.7 Å². The lowest BCUT2D eigenvalue weighted by atomic mass is 10.3. The standard InChI is InChI=1S/C25H26N4P2/c1(10-20-30(22-12-2-6-16-26-22)23-13-3-7-17-27-23)11-21-31(24-14-4-8-18-28-24)25-15-5-9-19-29-25/h2-9,12-19H,1,10-11,20-21H2. The molecule has 4 heterocycles. The minimum atomic E-state index is -0.512. The van der Waals surface area contributed by atoms with Crippen LogP contribution < -0.4 is 21.7 Å². The van der Waals surface area contributed by atoms with E-state index < -0.39 is 15.8 Å². The number of hydrogen-bond acceptors (Lipinski definition) is 4. The van der Waals surface area contributed by atoms with Crippen LogP contribution in [0.5, 0.6) is 0 Å². The molecule has 0 saturated carbocycles. The number of unbranched alkanes of at least 4 members (excludes halogenated alkanes) is 2. The highest BCUT2D eigenvalue weighted by Crippen LogP contribution is 2.35. The van der Waals surface area contributed by atoms with E-state index in [1.807, 2.05) is 49.1 Å². The van der Waals surface area contributed by atoms with Gasteiger partial charge in [0.1, 0.15) is 0 Å². The topological polar surface area (TPSA) is 51.6 Å². The molecule has 31 heavy (non-hydrogen) atoms. The summed E-state index contributed by atoms with van der Waals surface area (Å²) < 4.78 is 0. The summed E-state index contributed by atoms with van der Waals surface area (Å²) in [6.07, 6.45) is 13.3. The van der Waals surface area contributed by atoms with E-state index in [2.05, 4.69) is 68.5 Å². The molecule has 0 aliphatic carbocycles. The molecule has 0 aromatic carbocycles. The summed E-state index contributed by atoms with van der Waals surface area (Å²) in [5.74, 6) is 0. The van der Waals surface area contributed by atoms with Crippen LogP contribution in [0, 0.1) is 0 Å². The van der Waals surface area contributed by atoms with Crippen LogP contribution in [0.4, 0.5) is 0 Å². The summed E-state index contributed by atoms with van der Waals surface area (Å²) in [6, 6.07) is 24.8. The van der Waals surface area contributed by atoms with Gasteiger partial charge >= 0.3 is 0 Å². The van der Waals surface area contributed by atoms with Crippen LogP contribution in [0.15, 0.2) is 97.6 Å². The first-order valence-electron chi connectivity index (χ1n) is 10.6. The first-order valence-corrected chi connectivity index (χ1v) is 13.7. The molecule has 4 rings (SSSR count). The summed E-state index contributed by atoms with van der Waals surface area (Å²) in [6.45, 7) is 0. The van der Waals surface area contributed by atoms with E-state index in [1.54, 1.807) is 0 Å². The molecule has 0 fully saturated rings. The van der Waals surface area contributed by atoms with Crippen LogP contribution >= 0.6 is 15.8 Å². The van der Waals surface area contributed by atoms with Crippen molar-refractivity contribution in [2.75, 3.05) is 12.3 Å². The average molecular weight is 444 g/mol. The predicted molar refractivity (Wildman–Crippen MR) is 133 cm³/mol. The Balaban J connectivity index is 1.37. The molecule has 0 amide bonds. The van der Waals surface area contributed by atoms with Crippen molar-refractivity contribution >= 4 is 37.6 Å². The Kier molecular flexibility index (Phi) is 8.21. The molecule has 6 heteroatoms. The third-order valence-electron chi connectivity index (χ3n) is 4.97. The number of rotatable bonds is 10. The lowest BCUT2D eigenvalue weighted by Crippen LogP contribution is -2.19. The van der Waals surface area contributed by atoms with Crippen molar-refractivity contribution in [3.05, 3.63) is 97.6 Å². The van der Waals surface area contributed by atoms with Gasteiger partial charge in [-0.05, 0) is 89.5 Å². The zero-order chi connectivity index (χ0) is 21.1. The zero-order valence-electron chi connectivity index (χ0n) is 17.5. The smallest absolute Gasteiger partial charge is 0.0692 e. The first kappa shape index (κ1) is 21.7. The van der Waals surface area contributed by atoms with E-state index in [0.717, 1.165) is 12.3 Å². The van der Waals surface area contributed by atoms with Gasteiger partial charge in [0.15, 0.2) is 0 Å². The maximum absolute atomic E-state index is 4.64. The summed E-state index contributed by atoms with van der Waals surface area (Å²) in [5, 5.41) is 0. The van der Waals surface area contributed by atoms with Crippen LogP contribution in [0.2, 0.25) is 0 Å². The van der Waals surface area contributed by atoms with Gasteiger partial charge in [-0.3, -0.25) is 19.9 Å². The fraction of sp³-hybridized carbons (Fsp3) is 0.200.